The van der Waals surface area contributed by atoms with Gasteiger partial charge in [0.05, 0.1) is 5.52 Å². The number of hydrogen-bond acceptors (Lipinski definition) is 3. The number of anilines is 1. The van der Waals surface area contributed by atoms with E-state index in [4.69, 9.17) is 9.97 Å². The molecule has 3 heteroatoms. The van der Waals surface area contributed by atoms with Crippen molar-refractivity contribution in [2.24, 2.45) is 17.8 Å². The number of hydrogen-bond donors (Lipinski definition) is 1. The van der Waals surface area contributed by atoms with E-state index < -0.39 is 0 Å². The van der Waals surface area contributed by atoms with Crippen molar-refractivity contribution in [3.8, 4) is 11.4 Å². The maximum Gasteiger partial charge on any atom is 0.162 e. The van der Waals surface area contributed by atoms with Crippen molar-refractivity contribution in [1.29, 1.82) is 0 Å². The molecule has 0 unspecified atom stereocenters. The second-order valence-corrected chi connectivity index (χ2v) is 8.05. The number of nitrogens with zero attached hydrogens (tertiary/aromatic N) is 2. The van der Waals surface area contributed by atoms with E-state index in [-0.39, 0.29) is 0 Å². The maximum atomic E-state index is 4.92. The van der Waals surface area contributed by atoms with Crippen LogP contribution in [0.25, 0.3) is 22.3 Å². The van der Waals surface area contributed by atoms with Crippen LogP contribution < -0.4 is 5.32 Å². The van der Waals surface area contributed by atoms with Crippen LogP contribution in [0, 0.1) is 17.8 Å². The predicted molar refractivity (Wildman–Crippen MR) is 107 cm³/mol. The van der Waals surface area contributed by atoms with Gasteiger partial charge in [0.15, 0.2) is 5.82 Å². The Morgan fingerprint density at radius 3 is 2.50 bits per heavy atom. The standard InChI is InChI=1S/C23H25N3/c1-15(20-14-16-11-12-18(20)13-16)24-23-19-9-5-6-10-21(19)25-22(26-23)17-7-3-2-4-8-17/h2-10,15-16,18,20H,11-14H2,1H3,(H,24,25,26)/t15-,16+,18+,20+/m1/s1. The number of benzene rings is 2. The molecule has 4 atom stereocenters. The normalized spacial score (nSPS) is 25.5. The zero-order valence-electron chi connectivity index (χ0n) is 15.2. The Morgan fingerprint density at radius 2 is 1.73 bits per heavy atom. The second kappa shape index (κ2) is 6.39. The van der Waals surface area contributed by atoms with E-state index in [1.807, 2.05) is 24.3 Å². The van der Waals surface area contributed by atoms with Crippen molar-refractivity contribution in [2.75, 3.05) is 5.32 Å². The van der Waals surface area contributed by atoms with Gasteiger partial charge in [-0.15, -0.1) is 0 Å². The molecule has 0 saturated heterocycles. The average molecular weight is 343 g/mol. The fraction of sp³-hybridized carbons (Fsp3) is 0.391. The minimum atomic E-state index is 0.451. The van der Waals surface area contributed by atoms with Crippen molar-refractivity contribution >= 4 is 16.7 Å². The monoisotopic (exact) mass is 343 g/mol. The number of para-hydroxylation sites is 1. The molecule has 2 fully saturated rings. The summed E-state index contributed by atoms with van der Waals surface area (Å²) in [5.41, 5.74) is 2.07. The van der Waals surface area contributed by atoms with Crippen LogP contribution in [0.15, 0.2) is 54.6 Å². The van der Waals surface area contributed by atoms with Crippen molar-refractivity contribution in [3.63, 3.8) is 0 Å². The zero-order chi connectivity index (χ0) is 17.5. The van der Waals surface area contributed by atoms with Crippen LogP contribution in [0.5, 0.6) is 0 Å². The maximum absolute atomic E-state index is 4.92. The quantitative estimate of drug-likeness (QED) is 0.676. The van der Waals surface area contributed by atoms with Crippen molar-refractivity contribution < 1.29 is 0 Å². The lowest BCUT2D eigenvalue weighted by Gasteiger charge is -2.29. The van der Waals surface area contributed by atoms with E-state index in [1.165, 1.54) is 25.7 Å². The third-order valence-corrected chi connectivity index (χ3v) is 6.43. The first-order valence-corrected chi connectivity index (χ1v) is 9.86. The Balaban J connectivity index is 1.51. The Hall–Kier alpha value is -2.42. The Labute approximate surface area is 154 Å². The van der Waals surface area contributed by atoms with Crippen LogP contribution >= 0.6 is 0 Å². The molecule has 0 radical (unpaired) electrons. The predicted octanol–water partition coefficient (Wildman–Crippen LogP) is 5.53. The van der Waals surface area contributed by atoms with Gasteiger partial charge in [0.2, 0.25) is 0 Å². The van der Waals surface area contributed by atoms with Gasteiger partial charge in [0.1, 0.15) is 5.82 Å². The van der Waals surface area contributed by atoms with Crippen LogP contribution in [-0.4, -0.2) is 16.0 Å². The highest BCUT2D eigenvalue weighted by Crippen LogP contribution is 2.50. The third kappa shape index (κ3) is 2.76. The fourth-order valence-electron chi connectivity index (χ4n) is 5.13. The third-order valence-electron chi connectivity index (χ3n) is 6.43. The molecule has 0 spiro atoms. The molecule has 0 aliphatic heterocycles. The molecule has 2 saturated carbocycles. The molecule has 2 bridgehead atoms. The summed E-state index contributed by atoms with van der Waals surface area (Å²) in [5.74, 6) is 4.43. The van der Waals surface area contributed by atoms with Crippen molar-refractivity contribution in [1.82, 2.24) is 9.97 Å². The summed E-state index contributed by atoms with van der Waals surface area (Å²) in [4.78, 5) is 9.72. The zero-order valence-corrected chi connectivity index (χ0v) is 15.2. The first-order chi connectivity index (χ1) is 12.8. The molecule has 1 heterocycles. The average Bonchev–Trinajstić information content (AvgIpc) is 3.32. The van der Waals surface area contributed by atoms with E-state index in [0.29, 0.717) is 6.04 Å². The van der Waals surface area contributed by atoms with Gasteiger partial charge in [-0.2, -0.15) is 0 Å². The van der Waals surface area contributed by atoms with Gasteiger partial charge >= 0.3 is 0 Å². The Kier molecular flexibility index (Phi) is 3.88. The summed E-state index contributed by atoms with van der Waals surface area (Å²) in [6.45, 7) is 2.34. The highest BCUT2D eigenvalue weighted by atomic mass is 15.1. The minimum absolute atomic E-state index is 0.451. The van der Waals surface area contributed by atoms with Crippen LogP contribution in [0.3, 0.4) is 0 Å². The van der Waals surface area contributed by atoms with Crippen LogP contribution in [-0.2, 0) is 0 Å². The van der Waals surface area contributed by atoms with E-state index in [1.54, 1.807) is 0 Å². The summed E-state index contributed by atoms with van der Waals surface area (Å²) in [5, 5.41) is 4.88. The van der Waals surface area contributed by atoms with Gasteiger partial charge in [-0.05, 0) is 56.1 Å². The molecular formula is C23H25N3. The molecule has 3 aromatic rings. The van der Waals surface area contributed by atoms with Crippen molar-refractivity contribution in [2.45, 2.75) is 38.6 Å². The Morgan fingerprint density at radius 1 is 0.923 bits per heavy atom. The van der Waals surface area contributed by atoms with E-state index >= 15 is 0 Å². The topological polar surface area (TPSA) is 37.8 Å². The van der Waals surface area contributed by atoms with Gasteiger partial charge in [-0.1, -0.05) is 48.9 Å². The molecule has 1 N–H and O–H groups in total. The van der Waals surface area contributed by atoms with Crippen LogP contribution in [0.1, 0.15) is 32.6 Å². The molecular weight excluding hydrogens is 318 g/mol. The molecule has 0 amide bonds. The van der Waals surface area contributed by atoms with Gasteiger partial charge < -0.3 is 5.32 Å². The molecule has 132 valence electrons. The molecule has 2 aromatic carbocycles. The molecule has 3 nitrogen and oxygen atoms in total. The lowest BCUT2D eigenvalue weighted by Crippen LogP contribution is -2.30. The van der Waals surface area contributed by atoms with E-state index in [0.717, 1.165) is 45.9 Å². The summed E-state index contributed by atoms with van der Waals surface area (Å²) >= 11 is 0. The lowest BCUT2D eigenvalue weighted by atomic mass is 9.84. The van der Waals surface area contributed by atoms with E-state index in [9.17, 15) is 0 Å². The largest absolute Gasteiger partial charge is 0.367 e. The lowest BCUT2D eigenvalue weighted by molar-refractivity contribution is 0.304. The first kappa shape index (κ1) is 15.8. The molecule has 26 heavy (non-hydrogen) atoms. The SMILES string of the molecule is C[C@@H](Nc1nc(-c2ccccc2)nc2ccccc12)[C@@H]1C[C@H]2CC[C@H]1C2. The molecule has 2 aliphatic rings. The summed E-state index contributed by atoms with van der Waals surface area (Å²) in [6, 6.07) is 19.0. The van der Waals surface area contributed by atoms with Gasteiger partial charge in [-0.25, -0.2) is 9.97 Å². The van der Waals surface area contributed by atoms with Gasteiger partial charge in [0.25, 0.3) is 0 Å². The smallest absolute Gasteiger partial charge is 0.162 e. The minimum Gasteiger partial charge on any atom is -0.367 e. The first-order valence-electron chi connectivity index (χ1n) is 9.86. The van der Waals surface area contributed by atoms with Crippen LogP contribution in [0.2, 0.25) is 0 Å². The summed E-state index contributed by atoms with van der Waals surface area (Å²) < 4.78 is 0. The highest BCUT2D eigenvalue weighted by Gasteiger charge is 2.41. The van der Waals surface area contributed by atoms with Gasteiger partial charge in [-0.3, -0.25) is 0 Å². The Bertz CT molecular complexity index is 921. The van der Waals surface area contributed by atoms with Crippen LogP contribution in [0.4, 0.5) is 5.82 Å². The summed E-state index contributed by atoms with van der Waals surface area (Å²) in [6.07, 6.45) is 5.69. The number of aromatic nitrogens is 2. The fourth-order valence-corrected chi connectivity index (χ4v) is 5.13. The molecule has 5 rings (SSSR count). The number of rotatable bonds is 4. The summed E-state index contributed by atoms with van der Waals surface area (Å²) in [7, 11) is 0. The van der Waals surface area contributed by atoms with E-state index in [2.05, 4.69) is 42.6 Å². The molecule has 1 aromatic heterocycles. The number of fused-ring (bicyclic) bond motifs is 3. The second-order valence-electron chi connectivity index (χ2n) is 8.05. The highest BCUT2D eigenvalue weighted by molar-refractivity contribution is 5.90. The number of nitrogens with one attached hydrogen (secondary N) is 1. The molecule has 2 aliphatic carbocycles. The van der Waals surface area contributed by atoms with Crippen molar-refractivity contribution in [3.05, 3.63) is 54.6 Å². The van der Waals surface area contributed by atoms with Gasteiger partial charge in [0, 0.05) is 17.0 Å².